The van der Waals surface area contributed by atoms with Crippen LogP contribution in [-0.4, -0.2) is 35.9 Å². The molecule has 0 radical (unpaired) electrons. The third-order valence-corrected chi connectivity index (χ3v) is 3.94. The summed E-state index contributed by atoms with van der Waals surface area (Å²) in [6, 6.07) is 6.53. The summed E-state index contributed by atoms with van der Waals surface area (Å²) in [5, 5.41) is 24.3. The normalized spacial score (nSPS) is 10.6. The summed E-state index contributed by atoms with van der Waals surface area (Å²) in [6.45, 7) is 2.27. The number of halogens is 1. The Balaban J connectivity index is 2.19. The van der Waals surface area contributed by atoms with Gasteiger partial charge in [0.15, 0.2) is 11.5 Å². The highest BCUT2D eigenvalue weighted by Crippen LogP contribution is 2.36. The summed E-state index contributed by atoms with van der Waals surface area (Å²) >= 11 is 3.37. The van der Waals surface area contributed by atoms with Crippen molar-refractivity contribution in [2.45, 2.75) is 6.92 Å². The fourth-order valence-electron chi connectivity index (χ4n) is 2.17. The molecule has 0 aromatic heterocycles. The number of benzene rings is 2. The quantitative estimate of drug-likeness (QED) is 0.389. The van der Waals surface area contributed by atoms with Gasteiger partial charge in [0.2, 0.25) is 0 Å². The number of rotatable bonds is 7. The van der Waals surface area contributed by atoms with Gasteiger partial charge in [-0.05, 0) is 46.6 Å². The molecule has 9 nitrogen and oxygen atoms in total. The Labute approximate surface area is 162 Å². The minimum Gasteiger partial charge on any atom is -0.507 e. The Bertz CT molecular complexity index is 900. The van der Waals surface area contributed by atoms with Crippen LogP contribution in [0.1, 0.15) is 22.8 Å². The predicted molar refractivity (Wildman–Crippen MR) is 102 cm³/mol. The van der Waals surface area contributed by atoms with E-state index in [-0.39, 0.29) is 17.0 Å². The number of phenols is 1. The summed E-state index contributed by atoms with van der Waals surface area (Å²) in [4.78, 5) is 22.2. The number of phenolic OH excluding ortho intramolecular Hbond substituents is 1. The number of ether oxygens (including phenoxy) is 2. The molecule has 2 N–H and O–H groups in total. The lowest BCUT2D eigenvalue weighted by atomic mass is 10.1. The van der Waals surface area contributed by atoms with E-state index in [4.69, 9.17) is 9.47 Å². The van der Waals surface area contributed by atoms with Crippen molar-refractivity contribution in [3.05, 3.63) is 56.0 Å². The molecule has 0 heterocycles. The average molecular weight is 438 g/mol. The van der Waals surface area contributed by atoms with Gasteiger partial charge >= 0.3 is 0 Å². The van der Waals surface area contributed by atoms with E-state index in [1.165, 1.54) is 13.3 Å². The van der Waals surface area contributed by atoms with Crippen molar-refractivity contribution >= 4 is 33.7 Å². The number of nitrogens with zero attached hydrogens (tertiary/aromatic N) is 2. The third kappa shape index (κ3) is 4.94. The van der Waals surface area contributed by atoms with Gasteiger partial charge in [-0.15, -0.1) is 0 Å². The molecule has 0 spiro atoms. The van der Waals surface area contributed by atoms with E-state index in [9.17, 15) is 20.0 Å². The number of carbonyl (C=O) groups is 1. The Kier molecular flexibility index (Phi) is 6.72. The van der Waals surface area contributed by atoms with E-state index >= 15 is 0 Å². The molecule has 142 valence electrons. The number of aromatic hydroxyl groups is 1. The van der Waals surface area contributed by atoms with Gasteiger partial charge in [0, 0.05) is 12.1 Å². The van der Waals surface area contributed by atoms with Crippen LogP contribution in [0, 0.1) is 10.1 Å². The predicted octanol–water partition coefficient (Wildman–Crippen LogP) is 3.23. The molecule has 2 rings (SSSR count). The Morgan fingerprint density at radius 1 is 1.41 bits per heavy atom. The largest absolute Gasteiger partial charge is 0.507 e. The number of hydrazone groups is 1. The van der Waals surface area contributed by atoms with Gasteiger partial charge in [0.25, 0.3) is 11.6 Å². The fraction of sp³-hybridized carbons (Fsp3) is 0.176. The smallest absolute Gasteiger partial charge is 0.275 e. The first kappa shape index (κ1) is 20.2. The standard InChI is InChI=1S/C17H16BrN3O6/c1-3-27-15-7-10(6-13(18)16(15)26-2)9-19-20-17(23)12-8-11(21(24)25)4-5-14(12)22/h4-9,22H,3H2,1-2H3,(H,20,23)/b19-9-. The molecule has 0 bridgehead atoms. The molecule has 0 aliphatic rings. The van der Waals surface area contributed by atoms with Crippen molar-refractivity contribution in [3.8, 4) is 17.2 Å². The number of nitrogens with one attached hydrogen (secondary N) is 1. The van der Waals surface area contributed by atoms with Crippen molar-refractivity contribution < 1.29 is 24.3 Å². The molecule has 0 aliphatic carbocycles. The molecule has 0 saturated heterocycles. The zero-order valence-electron chi connectivity index (χ0n) is 14.4. The third-order valence-electron chi connectivity index (χ3n) is 3.35. The molecule has 1 amide bonds. The monoisotopic (exact) mass is 437 g/mol. The molecular formula is C17H16BrN3O6. The summed E-state index contributed by atoms with van der Waals surface area (Å²) < 4.78 is 11.4. The van der Waals surface area contributed by atoms with E-state index < -0.39 is 10.8 Å². The summed E-state index contributed by atoms with van der Waals surface area (Å²) in [6.07, 6.45) is 1.36. The molecule has 2 aromatic carbocycles. The first-order chi connectivity index (χ1) is 12.9. The van der Waals surface area contributed by atoms with Crippen LogP contribution in [0.5, 0.6) is 17.2 Å². The van der Waals surface area contributed by atoms with E-state index in [0.29, 0.717) is 28.1 Å². The highest BCUT2D eigenvalue weighted by atomic mass is 79.9. The van der Waals surface area contributed by atoms with E-state index in [2.05, 4.69) is 26.5 Å². The van der Waals surface area contributed by atoms with Crippen LogP contribution < -0.4 is 14.9 Å². The second-order valence-electron chi connectivity index (χ2n) is 5.12. The van der Waals surface area contributed by atoms with Gasteiger partial charge in [0.05, 0.1) is 34.9 Å². The fourth-order valence-corrected chi connectivity index (χ4v) is 2.79. The Morgan fingerprint density at radius 3 is 2.78 bits per heavy atom. The van der Waals surface area contributed by atoms with Gasteiger partial charge in [-0.2, -0.15) is 5.10 Å². The van der Waals surface area contributed by atoms with Crippen LogP contribution >= 0.6 is 15.9 Å². The molecule has 10 heteroatoms. The lowest BCUT2D eigenvalue weighted by Gasteiger charge is -2.11. The van der Waals surface area contributed by atoms with Crippen LogP contribution in [0.4, 0.5) is 5.69 Å². The molecule has 0 atom stereocenters. The number of methoxy groups -OCH3 is 1. The second kappa shape index (κ2) is 8.99. The van der Waals surface area contributed by atoms with Crippen molar-refractivity contribution in [3.63, 3.8) is 0 Å². The number of hydrogen-bond acceptors (Lipinski definition) is 7. The minimum absolute atomic E-state index is 0.257. The van der Waals surface area contributed by atoms with Gasteiger partial charge in [0.1, 0.15) is 5.75 Å². The summed E-state index contributed by atoms with van der Waals surface area (Å²) in [5.41, 5.74) is 2.25. The summed E-state index contributed by atoms with van der Waals surface area (Å²) in [5.74, 6) is -0.151. The van der Waals surface area contributed by atoms with Crippen molar-refractivity contribution in [2.24, 2.45) is 5.10 Å². The van der Waals surface area contributed by atoms with Gasteiger partial charge in [-0.25, -0.2) is 5.43 Å². The van der Waals surface area contributed by atoms with Crippen LogP contribution in [0.2, 0.25) is 0 Å². The maximum atomic E-state index is 12.1. The second-order valence-corrected chi connectivity index (χ2v) is 5.98. The zero-order chi connectivity index (χ0) is 20.0. The first-order valence-electron chi connectivity index (χ1n) is 7.68. The van der Waals surface area contributed by atoms with Crippen molar-refractivity contribution in [1.29, 1.82) is 0 Å². The maximum absolute atomic E-state index is 12.1. The SMILES string of the molecule is CCOc1cc(/C=N\NC(=O)c2cc([N+](=O)[O-])ccc2O)cc(Br)c1OC. The number of non-ortho nitro benzene ring substituents is 1. The number of hydrogen-bond donors (Lipinski definition) is 2. The number of carbonyl (C=O) groups excluding carboxylic acids is 1. The van der Waals surface area contributed by atoms with Crippen LogP contribution in [0.3, 0.4) is 0 Å². The minimum atomic E-state index is -0.787. The van der Waals surface area contributed by atoms with Gasteiger partial charge in [-0.1, -0.05) is 0 Å². The molecule has 0 saturated carbocycles. The Morgan fingerprint density at radius 2 is 2.15 bits per heavy atom. The van der Waals surface area contributed by atoms with Crippen molar-refractivity contribution in [2.75, 3.05) is 13.7 Å². The number of nitro groups is 1. The Hall–Kier alpha value is -3.14. The number of amides is 1. The molecular weight excluding hydrogens is 422 g/mol. The van der Waals surface area contributed by atoms with E-state index in [1.807, 2.05) is 6.92 Å². The lowest BCUT2D eigenvalue weighted by Crippen LogP contribution is -2.18. The molecule has 27 heavy (non-hydrogen) atoms. The maximum Gasteiger partial charge on any atom is 0.275 e. The zero-order valence-corrected chi connectivity index (χ0v) is 16.0. The first-order valence-corrected chi connectivity index (χ1v) is 8.47. The number of nitro benzene ring substituents is 1. The molecule has 0 aliphatic heterocycles. The van der Waals surface area contributed by atoms with Gasteiger partial charge in [-0.3, -0.25) is 14.9 Å². The topological polar surface area (TPSA) is 123 Å². The highest BCUT2D eigenvalue weighted by Gasteiger charge is 2.16. The van der Waals surface area contributed by atoms with E-state index in [0.717, 1.165) is 18.2 Å². The van der Waals surface area contributed by atoms with Crippen LogP contribution in [0.15, 0.2) is 39.9 Å². The van der Waals surface area contributed by atoms with Gasteiger partial charge < -0.3 is 14.6 Å². The van der Waals surface area contributed by atoms with Crippen LogP contribution in [0.25, 0.3) is 0 Å². The average Bonchev–Trinajstić information content (AvgIpc) is 2.62. The molecule has 0 fully saturated rings. The van der Waals surface area contributed by atoms with E-state index in [1.54, 1.807) is 12.1 Å². The lowest BCUT2D eigenvalue weighted by molar-refractivity contribution is -0.384. The highest BCUT2D eigenvalue weighted by molar-refractivity contribution is 9.10. The molecule has 2 aromatic rings. The van der Waals surface area contributed by atoms with Crippen LogP contribution in [-0.2, 0) is 0 Å². The van der Waals surface area contributed by atoms with Crippen molar-refractivity contribution in [1.82, 2.24) is 5.43 Å². The summed E-state index contributed by atoms with van der Waals surface area (Å²) in [7, 11) is 1.52. The molecule has 0 unspecified atom stereocenters.